The van der Waals surface area contributed by atoms with Crippen LogP contribution in [0.5, 0.6) is 0 Å². The Labute approximate surface area is 79.3 Å². The molecule has 0 aromatic rings. The highest BCUT2D eigenvalue weighted by Gasteiger charge is 2.38. The van der Waals surface area contributed by atoms with Gasteiger partial charge in [0.25, 0.3) is 0 Å². The molecule has 1 saturated carbocycles. The Morgan fingerprint density at radius 1 is 1.58 bits per heavy atom. The van der Waals surface area contributed by atoms with E-state index in [1.807, 2.05) is 0 Å². The van der Waals surface area contributed by atoms with Crippen molar-refractivity contribution >= 4 is 17.3 Å². The molecule has 1 saturated heterocycles. The summed E-state index contributed by atoms with van der Waals surface area (Å²) in [6.07, 6.45) is 4.16. The summed E-state index contributed by atoms with van der Waals surface area (Å²) in [5.74, 6) is 0.937. The molecule has 0 radical (unpaired) electrons. The van der Waals surface area contributed by atoms with Gasteiger partial charge in [-0.2, -0.15) is 0 Å². The van der Waals surface area contributed by atoms with E-state index >= 15 is 0 Å². The lowest BCUT2D eigenvalue weighted by Crippen LogP contribution is -2.43. The minimum Gasteiger partial charge on any atom is -0.363 e. The van der Waals surface area contributed by atoms with Gasteiger partial charge in [0.05, 0.1) is 0 Å². The van der Waals surface area contributed by atoms with Gasteiger partial charge in [0.15, 0.2) is 5.11 Å². The van der Waals surface area contributed by atoms with Crippen LogP contribution in [0.1, 0.15) is 26.2 Å². The third-order valence-corrected chi connectivity index (χ3v) is 3.38. The molecule has 0 amide bonds. The minimum atomic E-state index is 0.765. The van der Waals surface area contributed by atoms with Crippen molar-refractivity contribution in [3.63, 3.8) is 0 Å². The van der Waals surface area contributed by atoms with Gasteiger partial charge in [0, 0.05) is 19.1 Å². The summed E-state index contributed by atoms with van der Waals surface area (Å²) in [6, 6.07) is 0.765. The molecule has 2 bridgehead atoms. The molecule has 0 spiro atoms. The highest BCUT2D eigenvalue weighted by atomic mass is 32.1. The first-order chi connectivity index (χ1) is 5.81. The number of hydrogen-bond donors (Lipinski definition) is 1. The number of likely N-dealkylation sites (tertiary alicyclic amines) is 1. The topological polar surface area (TPSA) is 15.3 Å². The monoisotopic (exact) mass is 184 g/mol. The smallest absolute Gasteiger partial charge is 0.169 e. The van der Waals surface area contributed by atoms with Crippen LogP contribution in [0.2, 0.25) is 0 Å². The largest absolute Gasteiger partial charge is 0.363 e. The van der Waals surface area contributed by atoms with Gasteiger partial charge in [0.1, 0.15) is 0 Å². The highest BCUT2D eigenvalue weighted by molar-refractivity contribution is 7.80. The molecule has 1 heterocycles. The van der Waals surface area contributed by atoms with Crippen molar-refractivity contribution in [1.82, 2.24) is 10.2 Å². The van der Waals surface area contributed by atoms with Gasteiger partial charge in [-0.05, 0) is 44.3 Å². The van der Waals surface area contributed by atoms with Crippen LogP contribution >= 0.6 is 12.2 Å². The fraction of sp³-hybridized carbons (Fsp3) is 0.889. The Morgan fingerprint density at radius 2 is 2.42 bits per heavy atom. The van der Waals surface area contributed by atoms with Crippen LogP contribution in [0.3, 0.4) is 0 Å². The number of fused-ring (bicyclic) bond motifs is 2. The average molecular weight is 184 g/mol. The Kier molecular flexibility index (Phi) is 2.22. The first-order valence-corrected chi connectivity index (χ1v) is 5.26. The van der Waals surface area contributed by atoms with Crippen molar-refractivity contribution in [2.24, 2.45) is 5.92 Å². The number of nitrogens with one attached hydrogen (secondary N) is 1. The first-order valence-electron chi connectivity index (χ1n) is 4.85. The lowest BCUT2D eigenvalue weighted by molar-refractivity contribution is 0.324. The summed E-state index contributed by atoms with van der Waals surface area (Å²) in [4.78, 5) is 2.38. The molecule has 12 heavy (non-hydrogen) atoms. The van der Waals surface area contributed by atoms with Gasteiger partial charge < -0.3 is 10.2 Å². The van der Waals surface area contributed by atoms with Crippen LogP contribution in [0.25, 0.3) is 0 Å². The average Bonchev–Trinajstić information content (AvgIpc) is 2.64. The summed E-state index contributed by atoms with van der Waals surface area (Å²) in [5.41, 5.74) is 0. The number of hydrogen-bond acceptors (Lipinski definition) is 1. The van der Waals surface area contributed by atoms with E-state index in [4.69, 9.17) is 12.2 Å². The maximum atomic E-state index is 5.29. The van der Waals surface area contributed by atoms with Gasteiger partial charge >= 0.3 is 0 Å². The van der Waals surface area contributed by atoms with Crippen molar-refractivity contribution < 1.29 is 0 Å². The van der Waals surface area contributed by atoms with Crippen LogP contribution in [-0.4, -0.2) is 29.1 Å². The van der Waals surface area contributed by atoms with Crippen molar-refractivity contribution in [1.29, 1.82) is 0 Å². The highest BCUT2D eigenvalue weighted by Crippen LogP contribution is 2.37. The van der Waals surface area contributed by atoms with Gasteiger partial charge in [-0.1, -0.05) is 0 Å². The zero-order valence-corrected chi connectivity index (χ0v) is 8.36. The predicted molar refractivity (Wildman–Crippen MR) is 54.1 cm³/mol. The second-order valence-corrected chi connectivity index (χ2v) is 4.21. The van der Waals surface area contributed by atoms with E-state index in [1.165, 1.54) is 25.8 Å². The van der Waals surface area contributed by atoms with E-state index in [0.29, 0.717) is 0 Å². The lowest BCUT2D eigenvalue weighted by atomic mass is 10.1. The van der Waals surface area contributed by atoms with Crippen LogP contribution in [0, 0.1) is 5.92 Å². The van der Waals surface area contributed by atoms with Crippen molar-refractivity contribution in [3.05, 3.63) is 0 Å². The second-order valence-electron chi connectivity index (χ2n) is 3.82. The Bertz CT molecular complexity index is 193. The standard InChI is InChI=1S/C9H16N2S/c1-2-10-9(12)11-6-7-3-4-8(11)5-7/h7-8H,2-6H2,1H3,(H,10,12). The summed E-state index contributed by atoms with van der Waals surface area (Å²) < 4.78 is 0. The minimum absolute atomic E-state index is 0.765. The quantitative estimate of drug-likeness (QED) is 0.620. The van der Waals surface area contributed by atoms with Crippen LogP contribution in [-0.2, 0) is 0 Å². The Balaban J connectivity index is 1.93. The maximum Gasteiger partial charge on any atom is 0.169 e. The fourth-order valence-corrected chi connectivity index (χ4v) is 2.79. The molecule has 68 valence electrons. The number of rotatable bonds is 1. The molecule has 2 aliphatic rings. The predicted octanol–water partition coefficient (Wildman–Crippen LogP) is 1.37. The Morgan fingerprint density at radius 3 is 2.92 bits per heavy atom. The molecule has 3 heteroatoms. The lowest BCUT2D eigenvalue weighted by Gasteiger charge is -2.29. The van der Waals surface area contributed by atoms with Crippen molar-refractivity contribution in [2.75, 3.05) is 13.1 Å². The van der Waals surface area contributed by atoms with Gasteiger partial charge in [0.2, 0.25) is 0 Å². The van der Waals surface area contributed by atoms with E-state index < -0.39 is 0 Å². The molecule has 0 aromatic heterocycles. The van der Waals surface area contributed by atoms with Crippen molar-refractivity contribution in [3.8, 4) is 0 Å². The summed E-state index contributed by atoms with van der Waals surface area (Å²) >= 11 is 5.29. The second kappa shape index (κ2) is 3.21. The molecule has 1 aliphatic heterocycles. The molecule has 2 unspecified atom stereocenters. The normalized spacial score (nSPS) is 32.6. The molecule has 2 fully saturated rings. The third kappa shape index (κ3) is 1.30. The summed E-state index contributed by atoms with van der Waals surface area (Å²) in [5, 5.41) is 4.21. The van der Waals surface area contributed by atoms with E-state index in [0.717, 1.165) is 23.6 Å². The number of nitrogens with zero attached hydrogens (tertiary/aromatic N) is 1. The van der Waals surface area contributed by atoms with E-state index in [1.54, 1.807) is 0 Å². The fourth-order valence-electron chi connectivity index (χ4n) is 2.43. The molecule has 0 aromatic carbocycles. The third-order valence-electron chi connectivity index (χ3n) is 3.00. The zero-order chi connectivity index (χ0) is 8.55. The molecular weight excluding hydrogens is 168 g/mol. The van der Waals surface area contributed by atoms with Crippen LogP contribution in [0.4, 0.5) is 0 Å². The van der Waals surface area contributed by atoms with Crippen LogP contribution < -0.4 is 5.32 Å². The summed E-state index contributed by atoms with van der Waals surface area (Å²) in [7, 11) is 0. The molecule has 2 atom stereocenters. The van der Waals surface area contributed by atoms with E-state index in [2.05, 4.69) is 17.1 Å². The van der Waals surface area contributed by atoms with E-state index in [9.17, 15) is 0 Å². The van der Waals surface area contributed by atoms with E-state index in [-0.39, 0.29) is 0 Å². The molecule has 1 N–H and O–H groups in total. The SMILES string of the molecule is CCNC(=S)N1CC2CCC1C2. The molecule has 1 aliphatic carbocycles. The summed E-state index contributed by atoms with van der Waals surface area (Å²) in [6.45, 7) is 4.25. The molecule has 2 nitrogen and oxygen atoms in total. The van der Waals surface area contributed by atoms with Gasteiger partial charge in [-0.3, -0.25) is 0 Å². The maximum absolute atomic E-state index is 5.29. The van der Waals surface area contributed by atoms with Gasteiger partial charge in [-0.15, -0.1) is 0 Å². The van der Waals surface area contributed by atoms with Crippen molar-refractivity contribution in [2.45, 2.75) is 32.2 Å². The van der Waals surface area contributed by atoms with Crippen LogP contribution in [0.15, 0.2) is 0 Å². The van der Waals surface area contributed by atoms with Gasteiger partial charge in [-0.25, -0.2) is 0 Å². The zero-order valence-electron chi connectivity index (χ0n) is 7.55. The number of thiocarbonyl (C=S) groups is 1. The Hall–Kier alpha value is -0.310. The molecule has 2 rings (SSSR count). The first kappa shape index (κ1) is 8.30. The molecular formula is C9H16N2S. The number of piperidine rings is 1.